The Hall–Kier alpha value is -2.37. The second kappa shape index (κ2) is 12.1. The molecular weight excluding hydrogens is 312 g/mol. The van der Waals surface area contributed by atoms with Crippen LogP contribution in [0.5, 0.6) is 0 Å². The lowest BCUT2D eigenvalue weighted by Crippen LogP contribution is -2.01. The Labute approximate surface area is 142 Å². The highest BCUT2D eigenvalue weighted by atomic mass is 16.4. The lowest BCUT2D eigenvalue weighted by atomic mass is 10.0. The monoisotopic (exact) mass is 338 g/mol. The summed E-state index contributed by atoms with van der Waals surface area (Å²) in [6.07, 6.45) is 5.95. The molecule has 0 spiro atoms. The molecule has 6 nitrogen and oxygen atoms in total. The molecule has 6 heteroatoms. The maximum absolute atomic E-state index is 10.4. The zero-order chi connectivity index (χ0) is 18.5. The molecule has 1 aromatic carbocycles. The van der Waals surface area contributed by atoms with E-state index in [0.717, 1.165) is 24.8 Å². The van der Waals surface area contributed by atoms with Crippen LogP contribution in [0.2, 0.25) is 0 Å². The molecule has 0 radical (unpaired) electrons. The fourth-order valence-corrected chi connectivity index (χ4v) is 1.97. The third-order valence-corrected chi connectivity index (χ3v) is 3.28. The molecule has 0 amide bonds. The number of aliphatic carboxylic acids is 1. The fraction of sp³-hybridized carbons (Fsp3) is 0.500. The average Bonchev–Trinajstić information content (AvgIpc) is 2.51. The molecule has 0 unspecified atom stereocenters. The molecular formula is C18H26O6. The molecule has 0 fully saturated rings. The Balaban J connectivity index is 0.000000441. The summed E-state index contributed by atoms with van der Waals surface area (Å²) in [6, 6.07) is 5.20. The van der Waals surface area contributed by atoms with Gasteiger partial charge in [0.05, 0.1) is 11.1 Å². The van der Waals surface area contributed by atoms with Crippen molar-refractivity contribution in [2.75, 3.05) is 0 Å². The van der Waals surface area contributed by atoms with Crippen molar-refractivity contribution in [3.05, 3.63) is 35.4 Å². The largest absolute Gasteiger partial charge is 0.481 e. The van der Waals surface area contributed by atoms with Gasteiger partial charge in [-0.15, -0.1) is 0 Å². The third kappa shape index (κ3) is 11.2. The van der Waals surface area contributed by atoms with Crippen LogP contribution in [0, 0.1) is 5.92 Å². The van der Waals surface area contributed by atoms with Gasteiger partial charge in [-0.2, -0.15) is 0 Å². The van der Waals surface area contributed by atoms with E-state index < -0.39 is 17.9 Å². The highest BCUT2D eigenvalue weighted by Crippen LogP contribution is 2.10. The number of carboxylic acid groups (broad SMARTS) is 3. The predicted molar refractivity (Wildman–Crippen MR) is 90.5 cm³/mol. The quantitative estimate of drug-likeness (QED) is 0.583. The van der Waals surface area contributed by atoms with Gasteiger partial charge in [-0.3, -0.25) is 4.79 Å². The average molecular weight is 338 g/mol. The predicted octanol–water partition coefficient (Wildman–Crippen LogP) is 4.15. The summed E-state index contributed by atoms with van der Waals surface area (Å²) in [5, 5.41) is 25.4. The fourth-order valence-electron chi connectivity index (χ4n) is 1.97. The Bertz CT molecular complexity index is 507. The van der Waals surface area contributed by atoms with E-state index in [4.69, 9.17) is 15.3 Å². The molecule has 0 atom stereocenters. The van der Waals surface area contributed by atoms with E-state index in [2.05, 4.69) is 13.8 Å². The highest BCUT2D eigenvalue weighted by Gasteiger charge is 2.06. The number of carboxylic acids is 3. The molecule has 1 rings (SSSR count). The van der Waals surface area contributed by atoms with Crippen molar-refractivity contribution < 1.29 is 29.7 Å². The van der Waals surface area contributed by atoms with Crippen molar-refractivity contribution in [2.24, 2.45) is 5.92 Å². The smallest absolute Gasteiger partial charge is 0.335 e. The minimum Gasteiger partial charge on any atom is -0.481 e. The number of hydrogen-bond donors (Lipinski definition) is 3. The summed E-state index contributed by atoms with van der Waals surface area (Å²) >= 11 is 0. The van der Waals surface area contributed by atoms with Crippen molar-refractivity contribution >= 4 is 17.9 Å². The highest BCUT2D eigenvalue weighted by molar-refractivity contribution is 5.93. The van der Waals surface area contributed by atoms with Gasteiger partial charge < -0.3 is 15.3 Å². The molecule has 3 N–H and O–H groups in total. The van der Waals surface area contributed by atoms with Crippen molar-refractivity contribution in [3.8, 4) is 0 Å². The summed E-state index contributed by atoms with van der Waals surface area (Å²) < 4.78 is 0. The maximum atomic E-state index is 10.4. The van der Waals surface area contributed by atoms with Gasteiger partial charge in [-0.1, -0.05) is 45.6 Å². The second-order valence-electron chi connectivity index (χ2n) is 5.93. The molecule has 134 valence electrons. The maximum Gasteiger partial charge on any atom is 0.335 e. The van der Waals surface area contributed by atoms with E-state index in [-0.39, 0.29) is 11.1 Å². The molecule has 0 heterocycles. The SMILES string of the molecule is CC(C)CCCCCCC(=O)O.O=C(O)c1cccc(C(=O)O)c1. The van der Waals surface area contributed by atoms with E-state index in [1.807, 2.05) is 0 Å². The van der Waals surface area contributed by atoms with Crippen LogP contribution < -0.4 is 0 Å². The van der Waals surface area contributed by atoms with Gasteiger partial charge >= 0.3 is 17.9 Å². The van der Waals surface area contributed by atoms with E-state index in [1.165, 1.54) is 37.5 Å². The van der Waals surface area contributed by atoms with Crippen LogP contribution >= 0.6 is 0 Å². The molecule has 0 aliphatic heterocycles. The van der Waals surface area contributed by atoms with Crippen molar-refractivity contribution in [1.82, 2.24) is 0 Å². The molecule has 0 saturated heterocycles. The molecule has 1 aromatic rings. The first-order valence-electron chi connectivity index (χ1n) is 8.02. The van der Waals surface area contributed by atoms with E-state index in [0.29, 0.717) is 6.42 Å². The molecule has 0 saturated carbocycles. The van der Waals surface area contributed by atoms with E-state index in [9.17, 15) is 14.4 Å². The zero-order valence-corrected chi connectivity index (χ0v) is 14.2. The molecule has 0 bridgehead atoms. The van der Waals surface area contributed by atoms with Gasteiger partial charge in [0.15, 0.2) is 0 Å². The first-order valence-corrected chi connectivity index (χ1v) is 8.02. The summed E-state index contributed by atoms with van der Waals surface area (Å²) in [7, 11) is 0. The van der Waals surface area contributed by atoms with Gasteiger partial charge in [0.1, 0.15) is 0 Å². The van der Waals surface area contributed by atoms with Crippen molar-refractivity contribution in [3.63, 3.8) is 0 Å². The molecule has 24 heavy (non-hydrogen) atoms. The standard InChI is InChI=1S/C10H20O2.C8H6O4/c1-9(2)7-5-3-4-6-8-10(11)12;9-7(10)5-2-1-3-6(4-5)8(11)12/h9H,3-8H2,1-2H3,(H,11,12);1-4H,(H,9,10)(H,11,12). The number of hydrogen-bond acceptors (Lipinski definition) is 3. The summed E-state index contributed by atoms with van der Waals surface area (Å²) in [6.45, 7) is 4.44. The molecule has 0 aliphatic rings. The number of unbranched alkanes of at least 4 members (excludes halogenated alkanes) is 3. The number of benzene rings is 1. The van der Waals surface area contributed by atoms with Crippen LogP contribution in [0.1, 0.15) is 73.1 Å². The lowest BCUT2D eigenvalue weighted by molar-refractivity contribution is -0.137. The van der Waals surface area contributed by atoms with Gasteiger partial charge in [0, 0.05) is 6.42 Å². The van der Waals surface area contributed by atoms with Crippen molar-refractivity contribution in [2.45, 2.75) is 52.4 Å². The third-order valence-electron chi connectivity index (χ3n) is 3.28. The minimum absolute atomic E-state index is 0.0186. The minimum atomic E-state index is -1.13. The van der Waals surface area contributed by atoms with Crippen LogP contribution in [-0.2, 0) is 4.79 Å². The summed E-state index contributed by atoms with van der Waals surface area (Å²) in [5.74, 6) is -2.14. The Morgan fingerprint density at radius 3 is 1.79 bits per heavy atom. The van der Waals surface area contributed by atoms with Gasteiger partial charge in [-0.05, 0) is 30.5 Å². The summed E-state index contributed by atoms with van der Waals surface area (Å²) in [5.41, 5.74) is -0.0372. The first kappa shape index (κ1) is 21.6. The van der Waals surface area contributed by atoms with E-state index >= 15 is 0 Å². The first-order chi connectivity index (χ1) is 11.2. The van der Waals surface area contributed by atoms with Crippen LogP contribution in [0.4, 0.5) is 0 Å². The Kier molecular flexibility index (Phi) is 10.9. The molecule has 0 aliphatic carbocycles. The Morgan fingerprint density at radius 2 is 1.38 bits per heavy atom. The summed E-state index contributed by atoms with van der Waals surface area (Å²) in [4.78, 5) is 30.9. The van der Waals surface area contributed by atoms with Crippen molar-refractivity contribution in [1.29, 1.82) is 0 Å². The van der Waals surface area contributed by atoms with Crippen LogP contribution in [-0.4, -0.2) is 33.2 Å². The topological polar surface area (TPSA) is 112 Å². The van der Waals surface area contributed by atoms with Gasteiger partial charge in [0.25, 0.3) is 0 Å². The number of aromatic carboxylic acids is 2. The normalized spacial score (nSPS) is 9.96. The van der Waals surface area contributed by atoms with Crippen LogP contribution in [0.3, 0.4) is 0 Å². The zero-order valence-electron chi connectivity index (χ0n) is 14.2. The van der Waals surface area contributed by atoms with E-state index in [1.54, 1.807) is 0 Å². The van der Waals surface area contributed by atoms with Crippen LogP contribution in [0.15, 0.2) is 24.3 Å². The van der Waals surface area contributed by atoms with Gasteiger partial charge in [0.2, 0.25) is 0 Å². The van der Waals surface area contributed by atoms with Crippen LogP contribution in [0.25, 0.3) is 0 Å². The molecule has 0 aromatic heterocycles. The number of carbonyl (C=O) groups is 3. The second-order valence-corrected chi connectivity index (χ2v) is 5.93. The van der Waals surface area contributed by atoms with Gasteiger partial charge in [-0.25, -0.2) is 9.59 Å². The number of rotatable bonds is 9. The Morgan fingerprint density at radius 1 is 0.875 bits per heavy atom. The lowest BCUT2D eigenvalue weighted by Gasteiger charge is -2.02.